The summed E-state index contributed by atoms with van der Waals surface area (Å²) in [6, 6.07) is 15.7. The maximum absolute atomic E-state index is 12.0. The van der Waals surface area contributed by atoms with Crippen molar-refractivity contribution in [1.29, 1.82) is 0 Å². The number of amides is 1. The molecule has 29 heavy (non-hydrogen) atoms. The number of hydrogen-bond acceptors (Lipinski definition) is 3. The van der Waals surface area contributed by atoms with Crippen molar-refractivity contribution >= 4 is 57.5 Å². The minimum atomic E-state index is 0. The van der Waals surface area contributed by atoms with Crippen molar-refractivity contribution < 1.29 is 9.53 Å². The van der Waals surface area contributed by atoms with Crippen LogP contribution < -0.4 is 20.7 Å². The van der Waals surface area contributed by atoms with Crippen LogP contribution in [0.3, 0.4) is 0 Å². The minimum Gasteiger partial charge on any atom is -0.492 e. The van der Waals surface area contributed by atoms with Gasteiger partial charge >= 0.3 is 0 Å². The Morgan fingerprint density at radius 3 is 2.86 bits per heavy atom. The number of para-hydroxylation sites is 1. The van der Waals surface area contributed by atoms with Crippen molar-refractivity contribution in [3.05, 3.63) is 58.6 Å². The molecule has 6 nitrogen and oxygen atoms in total. The molecule has 3 rings (SSSR count). The van der Waals surface area contributed by atoms with E-state index in [0.29, 0.717) is 26.1 Å². The van der Waals surface area contributed by atoms with Gasteiger partial charge in [0.2, 0.25) is 5.91 Å². The molecule has 1 aliphatic rings. The van der Waals surface area contributed by atoms with E-state index < -0.39 is 0 Å². The first-order valence-corrected chi connectivity index (χ1v) is 10.2. The molecule has 1 heterocycles. The lowest BCUT2D eigenvalue weighted by atomic mass is 9.91. The zero-order valence-electron chi connectivity index (χ0n) is 16.3. The molecule has 0 saturated carbocycles. The van der Waals surface area contributed by atoms with E-state index in [1.165, 1.54) is 0 Å². The summed E-state index contributed by atoms with van der Waals surface area (Å²) < 4.78 is 6.73. The second-order valence-electron chi connectivity index (χ2n) is 6.49. The van der Waals surface area contributed by atoms with Crippen LogP contribution in [0.4, 0.5) is 5.69 Å². The van der Waals surface area contributed by atoms with Gasteiger partial charge in [-0.15, -0.1) is 24.0 Å². The summed E-state index contributed by atoms with van der Waals surface area (Å²) in [6.45, 7) is 4.49. The molecule has 0 bridgehead atoms. The van der Waals surface area contributed by atoms with Crippen LogP contribution in [0.2, 0.25) is 0 Å². The normalized spacial score (nSPS) is 15.6. The van der Waals surface area contributed by atoms with Crippen molar-refractivity contribution in [2.45, 2.75) is 19.3 Å². The number of hydrogen-bond donors (Lipinski definition) is 3. The van der Waals surface area contributed by atoms with Crippen LogP contribution in [0.1, 0.15) is 24.8 Å². The number of carbonyl (C=O) groups is 1. The van der Waals surface area contributed by atoms with Gasteiger partial charge in [-0.1, -0.05) is 40.2 Å². The topological polar surface area (TPSA) is 74.8 Å². The molecule has 0 radical (unpaired) electrons. The van der Waals surface area contributed by atoms with Gasteiger partial charge in [-0.2, -0.15) is 0 Å². The van der Waals surface area contributed by atoms with Crippen LogP contribution in [-0.4, -0.2) is 38.1 Å². The Hall–Kier alpha value is -1.81. The van der Waals surface area contributed by atoms with Crippen LogP contribution in [0.15, 0.2) is 58.0 Å². The zero-order valence-corrected chi connectivity index (χ0v) is 20.2. The Kier molecular flexibility index (Phi) is 9.72. The summed E-state index contributed by atoms with van der Waals surface area (Å²) in [5, 5.41) is 9.45. The molecule has 1 unspecified atom stereocenters. The summed E-state index contributed by atoms with van der Waals surface area (Å²) in [5.74, 6) is 1.67. The molecule has 0 aliphatic carbocycles. The van der Waals surface area contributed by atoms with E-state index in [2.05, 4.69) is 42.9 Å². The average molecular weight is 573 g/mol. The molecule has 156 valence electrons. The van der Waals surface area contributed by atoms with Gasteiger partial charge in [0.25, 0.3) is 0 Å². The summed E-state index contributed by atoms with van der Waals surface area (Å²) >= 11 is 3.44. The van der Waals surface area contributed by atoms with Gasteiger partial charge in [0, 0.05) is 29.0 Å². The third kappa shape index (κ3) is 7.18. The van der Waals surface area contributed by atoms with Crippen LogP contribution in [0.5, 0.6) is 5.75 Å². The summed E-state index contributed by atoms with van der Waals surface area (Å²) in [4.78, 5) is 16.6. The van der Waals surface area contributed by atoms with Gasteiger partial charge in [-0.05, 0) is 36.8 Å². The highest BCUT2D eigenvalue weighted by molar-refractivity contribution is 14.0. The maximum Gasteiger partial charge on any atom is 0.225 e. The van der Waals surface area contributed by atoms with E-state index in [4.69, 9.17) is 4.74 Å². The van der Waals surface area contributed by atoms with Gasteiger partial charge in [0.15, 0.2) is 5.96 Å². The van der Waals surface area contributed by atoms with Crippen molar-refractivity contribution in [2.75, 3.05) is 31.6 Å². The first kappa shape index (κ1) is 23.5. The van der Waals surface area contributed by atoms with E-state index in [9.17, 15) is 4.79 Å². The number of halogens is 2. The molecule has 1 atom stereocenters. The van der Waals surface area contributed by atoms with Crippen molar-refractivity contribution in [2.24, 2.45) is 4.99 Å². The number of rotatable bonds is 7. The largest absolute Gasteiger partial charge is 0.492 e. The van der Waals surface area contributed by atoms with Crippen LogP contribution >= 0.6 is 39.9 Å². The van der Waals surface area contributed by atoms with E-state index >= 15 is 0 Å². The number of fused-ring (bicyclic) bond motifs is 1. The van der Waals surface area contributed by atoms with Gasteiger partial charge in [-0.25, -0.2) is 0 Å². The Morgan fingerprint density at radius 2 is 2.07 bits per heavy atom. The second kappa shape index (κ2) is 12.0. The highest BCUT2D eigenvalue weighted by Gasteiger charge is 2.24. The monoisotopic (exact) mass is 572 g/mol. The molecule has 2 aromatic carbocycles. The number of anilines is 1. The Bertz CT molecular complexity index is 847. The molecular weight excluding hydrogens is 547 g/mol. The lowest BCUT2D eigenvalue weighted by Gasteiger charge is -2.24. The molecule has 0 spiro atoms. The first-order valence-electron chi connectivity index (χ1n) is 9.45. The highest BCUT2D eigenvalue weighted by atomic mass is 127. The summed E-state index contributed by atoms with van der Waals surface area (Å²) in [6.07, 6.45) is 0.450. The van der Waals surface area contributed by atoms with Crippen molar-refractivity contribution in [3.8, 4) is 5.75 Å². The summed E-state index contributed by atoms with van der Waals surface area (Å²) in [7, 11) is 0. The lowest BCUT2D eigenvalue weighted by Crippen LogP contribution is -2.39. The predicted octanol–water partition coefficient (Wildman–Crippen LogP) is 4.13. The van der Waals surface area contributed by atoms with Crippen molar-refractivity contribution in [3.63, 3.8) is 0 Å². The number of guanidine groups is 1. The molecule has 0 aromatic heterocycles. The number of ether oxygens (including phenoxy) is 1. The number of nitrogens with zero attached hydrogens (tertiary/aromatic N) is 1. The number of benzene rings is 2. The van der Waals surface area contributed by atoms with E-state index in [-0.39, 0.29) is 35.8 Å². The lowest BCUT2D eigenvalue weighted by molar-refractivity contribution is -0.116. The fourth-order valence-electron chi connectivity index (χ4n) is 3.10. The molecule has 1 amide bonds. The van der Waals surface area contributed by atoms with E-state index in [1.807, 2.05) is 49.4 Å². The van der Waals surface area contributed by atoms with Gasteiger partial charge in [0.1, 0.15) is 12.4 Å². The number of carbonyl (C=O) groups excluding carboxylic acids is 1. The smallest absolute Gasteiger partial charge is 0.225 e. The minimum absolute atomic E-state index is 0. The molecule has 2 aromatic rings. The third-order valence-corrected chi connectivity index (χ3v) is 4.87. The Balaban J connectivity index is 0.00000300. The summed E-state index contributed by atoms with van der Waals surface area (Å²) in [5.41, 5.74) is 2.03. The average Bonchev–Trinajstić information content (AvgIpc) is 2.69. The predicted molar refractivity (Wildman–Crippen MR) is 131 cm³/mol. The highest BCUT2D eigenvalue weighted by Crippen LogP contribution is 2.31. The van der Waals surface area contributed by atoms with Gasteiger partial charge in [-0.3, -0.25) is 9.79 Å². The standard InChI is InChI=1S/C21H25BrN4O2.HI/c1-2-23-21(24-10-11-28-17-7-5-6-16(22)13-17)25-14-15-12-20(27)26-19-9-4-3-8-18(15)19;/h3-9,13,15H,2,10-12,14H2,1H3,(H,26,27)(H2,23,24,25);1H. The third-order valence-electron chi connectivity index (χ3n) is 4.38. The zero-order chi connectivity index (χ0) is 19.8. The Morgan fingerprint density at radius 1 is 1.24 bits per heavy atom. The molecule has 0 saturated heterocycles. The molecular formula is C21H26BrIN4O2. The van der Waals surface area contributed by atoms with Gasteiger partial charge < -0.3 is 20.7 Å². The maximum atomic E-state index is 12.0. The fourth-order valence-corrected chi connectivity index (χ4v) is 3.48. The molecule has 1 aliphatic heterocycles. The second-order valence-corrected chi connectivity index (χ2v) is 7.40. The van der Waals surface area contributed by atoms with Crippen LogP contribution in [-0.2, 0) is 4.79 Å². The molecule has 8 heteroatoms. The van der Waals surface area contributed by atoms with Crippen LogP contribution in [0.25, 0.3) is 0 Å². The number of nitrogens with one attached hydrogen (secondary N) is 3. The van der Waals surface area contributed by atoms with Crippen molar-refractivity contribution in [1.82, 2.24) is 10.6 Å². The van der Waals surface area contributed by atoms with E-state index in [1.54, 1.807) is 0 Å². The number of aliphatic imine (C=N–C) groups is 1. The first-order chi connectivity index (χ1) is 13.7. The van der Waals surface area contributed by atoms with Crippen LogP contribution in [0, 0.1) is 0 Å². The molecule has 3 N–H and O–H groups in total. The SMILES string of the molecule is CCNC(=NCC1CC(=O)Nc2ccccc21)NCCOc1cccc(Br)c1.I. The van der Waals surface area contributed by atoms with Gasteiger partial charge in [0.05, 0.1) is 13.1 Å². The Labute approximate surface area is 197 Å². The quantitative estimate of drug-likeness (QED) is 0.202. The van der Waals surface area contributed by atoms with E-state index in [0.717, 1.165) is 34.0 Å². The fraction of sp³-hybridized carbons (Fsp3) is 0.333. The molecule has 0 fully saturated rings.